The number of aryl methyl sites for hydroxylation is 1. The molecule has 0 unspecified atom stereocenters. The lowest BCUT2D eigenvalue weighted by Gasteiger charge is -2.09. The highest BCUT2D eigenvalue weighted by molar-refractivity contribution is 5.92. The van der Waals surface area contributed by atoms with Crippen molar-refractivity contribution in [3.05, 3.63) is 60.2 Å². The van der Waals surface area contributed by atoms with Crippen molar-refractivity contribution in [2.75, 3.05) is 17.2 Å². The Hall–Kier alpha value is -2.82. The Labute approximate surface area is 136 Å². The molecule has 0 aliphatic rings. The van der Waals surface area contributed by atoms with Crippen LogP contribution in [-0.2, 0) is 11.2 Å². The van der Waals surface area contributed by atoms with Gasteiger partial charge in [-0.25, -0.2) is 4.79 Å². The van der Waals surface area contributed by atoms with Crippen LogP contribution in [0.4, 0.5) is 16.2 Å². The zero-order chi connectivity index (χ0) is 16.5. The summed E-state index contributed by atoms with van der Waals surface area (Å²) in [7, 11) is 0. The molecule has 5 heteroatoms. The van der Waals surface area contributed by atoms with E-state index >= 15 is 0 Å². The second-order valence-corrected chi connectivity index (χ2v) is 5.23. The highest BCUT2D eigenvalue weighted by Gasteiger charge is 2.03. The van der Waals surface area contributed by atoms with Crippen LogP contribution in [0.3, 0.4) is 0 Å². The van der Waals surface area contributed by atoms with E-state index < -0.39 is 0 Å². The van der Waals surface area contributed by atoms with Crippen LogP contribution in [-0.4, -0.2) is 18.5 Å². The summed E-state index contributed by atoms with van der Waals surface area (Å²) in [6.45, 7) is 2.05. The van der Waals surface area contributed by atoms with Gasteiger partial charge < -0.3 is 16.0 Å². The maximum absolute atomic E-state index is 11.8. The highest BCUT2D eigenvalue weighted by atomic mass is 16.2. The van der Waals surface area contributed by atoms with E-state index in [0.29, 0.717) is 17.9 Å². The third-order valence-corrected chi connectivity index (χ3v) is 3.21. The number of carbonyl (C=O) groups is 2. The summed E-state index contributed by atoms with van der Waals surface area (Å²) in [4.78, 5) is 22.9. The molecule has 0 fully saturated rings. The number of hydrogen-bond acceptors (Lipinski definition) is 2. The molecule has 3 N–H and O–H groups in total. The molecule has 0 aliphatic heterocycles. The van der Waals surface area contributed by atoms with Gasteiger partial charge in [0.2, 0.25) is 5.91 Å². The molecule has 5 nitrogen and oxygen atoms in total. The van der Waals surface area contributed by atoms with E-state index in [0.717, 1.165) is 12.8 Å². The summed E-state index contributed by atoms with van der Waals surface area (Å²) in [5, 5.41) is 8.26. The maximum Gasteiger partial charge on any atom is 0.319 e. The van der Waals surface area contributed by atoms with Crippen molar-refractivity contribution in [1.29, 1.82) is 0 Å². The number of carbonyl (C=O) groups excluding carboxylic acids is 2. The van der Waals surface area contributed by atoms with Gasteiger partial charge >= 0.3 is 6.03 Å². The number of hydrogen-bond donors (Lipinski definition) is 3. The summed E-state index contributed by atoms with van der Waals surface area (Å²) >= 11 is 0. The Kier molecular flexibility index (Phi) is 6.17. The Morgan fingerprint density at radius 2 is 1.61 bits per heavy atom. The van der Waals surface area contributed by atoms with Crippen LogP contribution in [0.5, 0.6) is 0 Å². The molecule has 0 saturated carbocycles. The Balaban J connectivity index is 1.73. The number of benzene rings is 2. The zero-order valence-electron chi connectivity index (χ0n) is 13.1. The lowest BCUT2D eigenvalue weighted by molar-refractivity contribution is -0.114. The summed E-state index contributed by atoms with van der Waals surface area (Å²) in [6, 6.07) is 16.9. The molecule has 2 aromatic carbocycles. The van der Waals surface area contributed by atoms with Crippen molar-refractivity contribution < 1.29 is 9.59 Å². The van der Waals surface area contributed by atoms with E-state index in [9.17, 15) is 9.59 Å². The van der Waals surface area contributed by atoms with Crippen molar-refractivity contribution in [3.63, 3.8) is 0 Å². The highest BCUT2D eigenvalue weighted by Crippen LogP contribution is 2.14. The van der Waals surface area contributed by atoms with E-state index in [-0.39, 0.29) is 11.9 Å². The van der Waals surface area contributed by atoms with Gasteiger partial charge in [-0.1, -0.05) is 36.4 Å². The molecule has 0 heterocycles. The predicted octanol–water partition coefficient (Wildman–Crippen LogP) is 3.40. The van der Waals surface area contributed by atoms with Crippen molar-refractivity contribution in [2.45, 2.75) is 19.8 Å². The minimum Gasteiger partial charge on any atom is -0.338 e. The maximum atomic E-state index is 11.8. The van der Waals surface area contributed by atoms with Crippen LogP contribution in [0.25, 0.3) is 0 Å². The lowest BCUT2D eigenvalue weighted by Crippen LogP contribution is -2.29. The van der Waals surface area contributed by atoms with Crippen molar-refractivity contribution in [3.8, 4) is 0 Å². The number of amides is 3. The number of rotatable bonds is 6. The van der Waals surface area contributed by atoms with Crippen LogP contribution in [0.15, 0.2) is 54.6 Å². The van der Waals surface area contributed by atoms with Gasteiger partial charge in [0.15, 0.2) is 0 Å². The van der Waals surface area contributed by atoms with Crippen LogP contribution < -0.4 is 16.0 Å². The molecule has 0 spiro atoms. The molecule has 120 valence electrons. The minimum absolute atomic E-state index is 0.146. The predicted molar refractivity (Wildman–Crippen MR) is 92.5 cm³/mol. The van der Waals surface area contributed by atoms with Gasteiger partial charge in [-0.05, 0) is 36.6 Å². The smallest absolute Gasteiger partial charge is 0.319 e. The first kappa shape index (κ1) is 16.5. The first-order valence-corrected chi connectivity index (χ1v) is 7.60. The molecule has 0 bridgehead atoms. The zero-order valence-corrected chi connectivity index (χ0v) is 13.1. The Morgan fingerprint density at radius 3 is 2.30 bits per heavy atom. The first-order chi connectivity index (χ1) is 11.1. The van der Waals surface area contributed by atoms with Crippen LogP contribution in [0, 0.1) is 0 Å². The largest absolute Gasteiger partial charge is 0.338 e. The quantitative estimate of drug-likeness (QED) is 0.716. The normalized spacial score (nSPS) is 9.96. The summed E-state index contributed by atoms with van der Waals surface area (Å²) in [6.07, 6.45) is 1.81. The van der Waals surface area contributed by atoms with Crippen LogP contribution >= 0.6 is 0 Å². The summed E-state index contributed by atoms with van der Waals surface area (Å²) < 4.78 is 0. The van der Waals surface area contributed by atoms with Gasteiger partial charge in [0.1, 0.15) is 0 Å². The molecule has 2 rings (SSSR count). The first-order valence-electron chi connectivity index (χ1n) is 7.60. The van der Waals surface area contributed by atoms with Gasteiger partial charge in [0.25, 0.3) is 0 Å². The second kappa shape index (κ2) is 8.58. The lowest BCUT2D eigenvalue weighted by atomic mass is 10.1. The number of nitrogens with one attached hydrogen (secondary N) is 3. The topological polar surface area (TPSA) is 70.2 Å². The van der Waals surface area contributed by atoms with Crippen molar-refractivity contribution >= 4 is 23.3 Å². The van der Waals surface area contributed by atoms with Crippen LogP contribution in [0.2, 0.25) is 0 Å². The minimum atomic E-state index is -0.252. The fourth-order valence-corrected chi connectivity index (χ4v) is 2.19. The van der Waals surface area contributed by atoms with E-state index in [1.54, 1.807) is 24.3 Å². The van der Waals surface area contributed by atoms with E-state index in [2.05, 4.69) is 28.1 Å². The monoisotopic (exact) mass is 311 g/mol. The molecular weight excluding hydrogens is 290 g/mol. The molecule has 0 aromatic heterocycles. The molecule has 0 radical (unpaired) electrons. The van der Waals surface area contributed by atoms with Gasteiger partial charge in [0, 0.05) is 24.8 Å². The number of urea groups is 1. The van der Waals surface area contributed by atoms with Gasteiger partial charge in [-0.2, -0.15) is 0 Å². The molecule has 0 atom stereocenters. The van der Waals surface area contributed by atoms with Gasteiger partial charge in [-0.3, -0.25) is 4.79 Å². The third kappa shape index (κ3) is 6.22. The van der Waals surface area contributed by atoms with Gasteiger partial charge in [-0.15, -0.1) is 0 Å². The van der Waals surface area contributed by atoms with E-state index in [1.807, 2.05) is 18.2 Å². The number of anilines is 2. The summed E-state index contributed by atoms with van der Waals surface area (Å²) in [5.74, 6) is -0.146. The molecule has 0 aliphatic carbocycles. The van der Waals surface area contributed by atoms with Crippen LogP contribution in [0.1, 0.15) is 18.9 Å². The SMILES string of the molecule is CC(=O)Nc1cccc(NC(=O)NCCCc2ccccc2)c1. The van der Waals surface area contributed by atoms with Crippen molar-refractivity contribution in [1.82, 2.24) is 5.32 Å². The second-order valence-electron chi connectivity index (χ2n) is 5.23. The van der Waals surface area contributed by atoms with Crippen molar-refractivity contribution in [2.24, 2.45) is 0 Å². The molecular formula is C18H21N3O2. The Bertz CT molecular complexity index is 656. The van der Waals surface area contributed by atoms with Gasteiger partial charge in [0.05, 0.1) is 0 Å². The molecule has 0 saturated heterocycles. The standard InChI is InChI=1S/C18H21N3O2/c1-14(22)20-16-10-5-11-17(13-16)21-18(23)19-12-6-9-15-7-3-2-4-8-15/h2-5,7-8,10-11,13H,6,9,12H2,1H3,(H,20,22)(H2,19,21,23). The van der Waals surface area contributed by atoms with E-state index in [1.165, 1.54) is 12.5 Å². The summed E-state index contributed by atoms with van der Waals surface area (Å²) in [5.41, 5.74) is 2.55. The average molecular weight is 311 g/mol. The fraction of sp³-hybridized carbons (Fsp3) is 0.222. The molecule has 23 heavy (non-hydrogen) atoms. The Morgan fingerprint density at radius 1 is 0.913 bits per heavy atom. The average Bonchev–Trinajstić information content (AvgIpc) is 2.52. The molecule has 3 amide bonds. The molecule has 2 aromatic rings. The van der Waals surface area contributed by atoms with E-state index in [4.69, 9.17) is 0 Å². The fourth-order valence-electron chi connectivity index (χ4n) is 2.19. The third-order valence-electron chi connectivity index (χ3n) is 3.21.